The highest BCUT2D eigenvalue weighted by Gasteiger charge is 2.30. The van der Waals surface area contributed by atoms with Crippen molar-refractivity contribution in [3.63, 3.8) is 0 Å². The summed E-state index contributed by atoms with van der Waals surface area (Å²) in [7, 11) is 0. The van der Waals surface area contributed by atoms with Crippen LogP contribution in [0.5, 0.6) is 0 Å². The Morgan fingerprint density at radius 3 is 1.63 bits per heavy atom. The summed E-state index contributed by atoms with van der Waals surface area (Å²) in [6.45, 7) is -0.792. The standard InChI is InChI=1S/C15H25N7O8/c16-6(1-2-9(17)23)13(28)21-8(4-11(19)25)15(30)22-7(3-10(18)24)14(29)20-5-12(26)27/h6-8H,1-5,16H2,(H2,17,23)(H2,18,24)(H2,19,25)(H,20,29)(H,21,28)(H,22,30)(H,26,27). The van der Waals surface area contributed by atoms with E-state index in [0.29, 0.717) is 0 Å². The second kappa shape index (κ2) is 12.7. The van der Waals surface area contributed by atoms with E-state index in [4.69, 9.17) is 28.0 Å². The third kappa shape index (κ3) is 11.2. The first-order valence-electron chi connectivity index (χ1n) is 8.54. The van der Waals surface area contributed by atoms with Gasteiger partial charge in [-0.3, -0.25) is 33.6 Å². The molecule has 0 saturated heterocycles. The Balaban J connectivity index is 5.26. The largest absolute Gasteiger partial charge is 0.480 e. The van der Waals surface area contributed by atoms with Crippen molar-refractivity contribution in [3.8, 4) is 0 Å². The number of hydrogen-bond donors (Lipinski definition) is 8. The van der Waals surface area contributed by atoms with E-state index in [-0.39, 0.29) is 12.8 Å². The first-order chi connectivity index (χ1) is 13.8. The molecule has 0 aliphatic carbocycles. The van der Waals surface area contributed by atoms with E-state index in [2.05, 4.69) is 10.6 Å². The number of nitrogens with one attached hydrogen (secondary N) is 3. The highest BCUT2D eigenvalue weighted by molar-refractivity contribution is 5.97. The molecule has 0 fully saturated rings. The monoisotopic (exact) mass is 431 g/mol. The Kier molecular flexibility index (Phi) is 11.1. The summed E-state index contributed by atoms with van der Waals surface area (Å²) in [6.07, 6.45) is -1.70. The van der Waals surface area contributed by atoms with Crippen LogP contribution < -0.4 is 38.9 Å². The van der Waals surface area contributed by atoms with Gasteiger partial charge in [0.1, 0.15) is 18.6 Å². The van der Waals surface area contributed by atoms with Gasteiger partial charge < -0.3 is 44.0 Å². The molecule has 0 aliphatic heterocycles. The van der Waals surface area contributed by atoms with Crippen LogP contribution in [0.3, 0.4) is 0 Å². The first-order valence-corrected chi connectivity index (χ1v) is 8.54. The molecular weight excluding hydrogens is 406 g/mol. The zero-order valence-corrected chi connectivity index (χ0v) is 15.9. The van der Waals surface area contributed by atoms with Gasteiger partial charge in [-0.05, 0) is 6.42 Å². The molecule has 30 heavy (non-hydrogen) atoms. The van der Waals surface area contributed by atoms with Crippen molar-refractivity contribution in [2.45, 2.75) is 43.8 Å². The molecule has 3 atom stereocenters. The predicted octanol–water partition coefficient (Wildman–Crippen LogP) is -5.50. The highest BCUT2D eigenvalue weighted by atomic mass is 16.4. The Bertz CT molecular complexity index is 711. The SMILES string of the molecule is NC(=O)CCC(N)C(=O)NC(CC(N)=O)C(=O)NC(CC(N)=O)C(=O)NCC(=O)O. The molecule has 15 heteroatoms. The van der Waals surface area contributed by atoms with Gasteiger partial charge in [-0.2, -0.15) is 0 Å². The van der Waals surface area contributed by atoms with E-state index < -0.39 is 78.9 Å². The molecule has 0 aromatic rings. The van der Waals surface area contributed by atoms with Crippen LogP contribution >= 0.6 is 0 Å². The molecule has 0 radical (unpaired) electrons. The quantitative estimate of drug-likeness (QED) is 0.130. The third-order valence-electron chi connectivity index (χ3n) is 3.53. The third-order valence-corrected chi connectivity index (χ3v) is 3.53. The Morgan fingerprint density at radius 1 is 0.733 bits per heavy atom. The molecule has 168 valence electrons. The normalized spacial score (nSPS) is 13.2. The molecule has 0 bridgehead atoms. The van der Waals surface area contributed by atoms with E-state index in [0.717, 1.165) is 0 Å². The van der Waals surface area contributed by atoms with Crippen molar-refractivity contribution in [3.05, 3.63) is 0 Å². The van der Waals surface area contributed by atoms with Crippen LogP contribution in [0.4, 0.5) is 0 Å². The minimum atomic E-state index is -1.58. The molecule has 12 N–H and O–H groups in total. The van der Waals surface area contributed by atoms with Crippen molar-refractivity contribution in [2.75, 3.05) is 6.54 Å². The molecule has 0 aromatic heterocycles. The number of rotatable bonds is 14. The van der Waals surface area contributed by atoms with Gasteiger partial charge in [-0.1, -0.05) is 0 Å². The maximum atomic E-state index is 12.4. The zero-order valence-electron chi connectivity index (χ0n) is 15.9. The number of aliphatic carboxylic acids is 1. The molecule has 0 heterocycles. The molecule has 0 rings (SSSR count). The number of amides is 6. The van der Waals surface area contributed by atoms with Crippen LogP contribution in [-0.2, 0) is 33.6 Å². The van der Waals surface area contributed by atoms with Crippen LogP contribution in [0.1, 0.15) is 25.7 Å². The van der Waals surface area contributed by atoms with Crippen LogP contribution in [-0.4, -0.2) is 71.2 Å². The fourth-order valence-electron chi connectivity index (χ4n) is 2.09. The van der Waals surface area contributed by atoms with Gasteiger partial charge >= 0.3 is 5.97 Å². The number of nitrogens with two attached hydrogens (primary N) is 4. The van der Waals surface area contributed by atoms with Crippen molar-refractivity contribution >= 4 is 41.4 Å². The summed E-state index contributed by atoms with van der Waals surface area (Å²) in [5.41, 5.74) is 20.6. The number of carboxylic acids is 1. The summed E-state index contributed by atoms with van der Waals surface area (Å²) >= 11 is 0. The molecular formula is C15H25N7O8. The number of carbonyl (C=O) groups excluding carboxylic acids is 6. The van der Waals surface area contributed by atoms with E-state index >= 15 is 0 Å². The van der Waals surface area contributed by atoms with Gasteiger partial charge in [0.15, 0.2) is 0 Å². The van der Waals surface area contributed by atoms with E-state index in [9.17, 15) is 33.6 Å². The van der Waals surface area contributed by atoms with Crippen molar-refractivity contribution < 1.29 is 38.7 Å². The van der Waals surface area contributed by atoms with Crippen molar-refractivity contribution in [1.29, 1.82) is 0 Å². The van der Waals surface area contributed by atoms with Crippen LogP contribution in [0, 0.1) is 0 Å². The van der Waals surface area contributed by atoms with Crippen LogP contribution in [0.15, 0.2) is 0 Å². The molecule has 6 amide bonds. The maximum absolute atomic E-state index is 12.4. The van der Waals surface area contributed by atoms with E-state index in [1.54, 1.807) is 0 Å². The molecule has 0 spiro atoms. The van der Waals surface area contributed by atoms with E-state index in [1.807, 2.05) is 5.32 Å². The average Bonchev–Trinajstić information content (AvgIpc) is 2.61. The lowest BCUT2D eigenvalue weighted by Gasteiger charge is -2.23. The van der Waals surface area contributed by atoms with Gasteiger partial charge in [0.2, 0.25) is 35.4 Å². The van der Waals surface area contributed by atoms with Gasteiger partial charge in [0.05, 0.1) is 18.9 Å². The topological polar surface area (TPSA) is 280 Å². The smallest absolute Gasteiger partial charge is 0.322 e. The van der Waals surface area contributed by atoms with Gasteiger partial charge in [-0.15, -0.1) is 0 Å². The lowest BCUT2D eigenvalue weighted by atomic mass is 10.1. The summed E-state index contributed by atoms with van der Waals surface area (Å²) in [5, 5.41) is 14.8. The maximum Gasteiger partial charge on any atom is 0.322 e. The average molecular weight is 431 g/mol. The highest BCUT2D eigenvalue weighted by Crippen LogP contribution is 2.00. The van der Waals surface area contributed by atoms with Gasteiger partial charge in [0.25, 0.3) is 0 Å². The minimum Gasteiger partial charge on any atom is -0.480 e. The van der Waals surface area contributed by atoms with Crippen molar-refractivity contribution in [2.24, 2.45) is 22.9 Å². The molecule has 0 aromatic carbocycles. The molecule has 3 unspecified atom stereocenters. The van der Waals surface area contributed by atoms with Crippen molar-refractivity contribution in [1.82, 2.24) is 16.0 Å². The number of primary amides is 3. The number of carboxylic acid groups (broad SMARTS) is 1. The van der Waals surface area contributed by atoms with E-state index in [1.165, 1.54) is 0 Å². The Morgan fingerprint density at radius 2 is 1.20 bits per heavy atom. The fraction of sp³-hybridized carbons (Fsp3) is 0.533. The first kappa shape index (κ1) is 26.2. The second-order valence-corrected chi connectivity index (χ2v) is 6.19. The molecule has 0 saturated carbocycles. The number of hydrogen-bond acceptors (Lipinski definition) is 8. The zero-order chi connectivity index (χ0) is 23.4. The second-order valence-electron chi connectivity index (χ2n) is 6.19. The van der Waals surface area contributed by atoms with Gasteiger partial charge in [0, 0.05) is 6.42 Å². The molecule has 0 aliphatic rings. The molecule has 15 nitrogen and oxygen atoms in total. The number of carbonyl (C=O) groups is 7. The fourth-order valence-corrected chi connectivity index (χ4v) is 2.09. The van der Waals surface area contributed by atoms with Gasteiger partial charge in [-0.25, -0.2) is 0 Å². The summed E-state index contributed by atoms with van der Waals surface area (Å²) < 4.78 is 0. The summed E-state index contributed by atoms with van der Waals surface area (Å²) in [4.78, 5) is 80.2. The lowest BCUT2D eigenvalue weighted by Crippen LogP contribution is -2.57. The van der Waals surface area contributed by atoms with Crippen LogP contribution in [0.2, 0.25) is 0 Å². The predicted molar refractivity (Wildman–Crippen MR) is 98.5 cm³/mol. The summed E-state index contributed by atoms with van der Waals surface area (Å²) in [5.74, 6) is -7.08. The van der Waals surface area contributed by atoms with Crippen LogP contribution in [0.25, 0.3) is 0 Å². The Labute approximate surface area is 170 Å². The summed E-state index contributed by atoms with van der Waals surface area (Å²) in [6, 6.07) is -4.39. The minimum absolute atomic E-state index is 0.131. The Hall–Kier alpha value is -3.75. The lowest BCUT2D eigenvalue weighted by molar-refractivity contribution is -0.139.